The van der Waals surface area contributed by atoms with E-state index in [4.69, 9.17) is 14.8 Å². The number of benzene rings is 4. The Morgan fingerprint density at radius 2 is 1.48 bits per heavy atom. The van der Waals surface area contributed by atoms with Gasteiger partial charge in [-0.2, -0.15) is 5.10 Å². The Kier molecular flexibility index (Phi) is 8.42. The van der Waals surface area contributed by atoms with Crippen LogP contribution in [0.15, 0.2) is 104 Å². The van der Waals surface area contributed by atoms with E-state index in [1.807, 2.05) is 41.3 Å². The lowest BCUT2D eigenvalue weighted by Gasteiger charge is -2.34. The summed E-state index contributed by atoms with van der Waals surface area (Å²) >= 11 is 0. The molecule has 50 heavy (non-hydrogen) atoms. The van der Waals surface area contributed by atoms with Crippen LogP contribution in [0, 0.1) is 6.92 Å². The van der Waals surface area contributed by atoms with E-state index in [1.165, 1.54) is 38.8 Å². The second-order valence-corrected chi connectivity index (χ2v) is 15.5. The van der Waals surface area contributed by atoms with Gasteiger partial charge >= 0.3 is 0 Å². The molecule has 0 spiro atoms. The van der Waals surface area contributed by atoms with E-state index in [0.29, 0.717) is 0 Å². The van der Waals surface area contributed by atoms with Crippen molar-refractivity contribution in [1.29, 1.82) is 0 Å². The molecule has 0 aliphatic heterocycles. The molecule has 5 heteroatoms. The van der Waals surface area contributed by atoms with Gasteiger partial charge in [-0.15, -0.1) is 0 Å². The van der Waals surface area contributed by atoms with E-state index in [-0.39, 0.29) is 10.8 Å². The molecule has 0 N–H and O–H groups in total. The summed E-state index contributed by atoms with van der Waals surface area (Å²) in [5, 5.41) is 7.25. The number of pyridine rings is 1. The lowest BCUT2D eigenvalue weighted by atomic mass is 9.70. The van der Waals surface area contributed by atoms with Gasteiger partial charge < -0.3 is 4.74 Å². The Morgan fingerprint density at radius 3 is 2.20 bits per heavy atom. The average Bonchev–Trinajstić information content (AvgIpc) is 3.70. The maximum atomic E-state index is 6.55. The van der Waals surface area contributed by atoms with Gasteiger partial charge in [0.2, 0.25) is 0 Å². The van der Waals surface area contributed by atoms with Crippen molar-refractivity contribution in [2.24, 2.45) is 0 Å². The number of fused-ring (bicyclic) bond motifs is 3. The number of aromatic nitrogens is 4. The Labute approximate surface area is 296 Å². The van der Waals surface area contributed by atoms with Gasteiger partial charge in [0.05, 0.1) is 22.9 Å². The third-order valence-corrected chi connectivity index (χ3v) is 9.77. The average molecular weight is 661 g/mol. The van der Waals surface area contributed by atoms with Gasteiger partial charge in [-0.25, -0.2) is 9.67 Å². The van der Waals surface area contributed by atoms with Crippen LogP contribution in [0.5, 0.6) is 11.5 Å². The molecule has 0 aliphatic rings. The summed E-state index contributed by atoms with van der Waals surface area (Å²) < 4.78 is 10.7. The van der Waals surface area contributed by atoms with Crippen molar-refractivity contribution in [3.63, 3.8) is 0 Å². The van der Waals surface area contributed by atoms with Crippen molar-refractivity contribution < 1.29 is 4.74 Å². The topological polar surface area (TPSA) is 44.9 Å². The molecule has 4 aromatic carbocycles. The molecule has 7 rings (SSSR count). The fourth-order valence-corrected chi connectivity index (χ4v) is 7.56. The Balaban J connectivity index is 1.26. The fraction of sp³-hybridized carbons (Fsp3) is 0.289. The largest absolute Gasteiger partial charge is 0.457 e. The summed E-state index contributed by atoms with van der Waals surface area (Å²) in [7, 11) is 0. The number of hydrogen-bond acceptors (Lipinski definition) is 3. The van der Waals surface area contributed by atoms with E-state index in [9.17, 15) is 0 Å². The minimum absolute atomic E-state index is 0.0184. The summed E-state index contributed by atoms with van der Waals surface area (Å²) in [6.45, 7) is 20.7. The maximum absolute atomic E-state index is 6.55. The van der Waals surface area contributed by atoms with Crippen LogP contribution in [0.1, 0.15) is 83.2 Å². The lowest BCUT2D eigenvalue weighted by molar-refractivity contribution is 0.483. The first-order valence-electron chi connectivity index (χ1n) is 17.9. The van der Waals surface area contributed by atoms with Crippen molar-refractivity contribution in [3.05, 3.63) is 131 Å². The molecular weight excluding hydrogens is 613 g/mol. The van der Waals surface area contributed by atoms with E-state index in [0.717, 1.165) is 57.8 Å². The minimum Gasteiger partial charge on any atom is -0.457 e. The summed E-state index contributed by atoms with van der Waals surface area (Å²) in [6.07, 6.45) is 8.00. The van der Waals surface area contributed by atoms with Crippen LogP contribution < -0.4 is 4.74 Å². The summed E-state index contributed by atoms with van der Waals surface area (Å²) in [5.41, 5.74) is 12.6. The van der Waals surface area contributed by atoms with Gasteiger partial charge in [0.1, 0.15) is 17.3 Å². The molecule has 254 valence electrons. The number of rotatable bonds is 7. The molecule has 7 aromatic rings. The van der Waals surface area contributed by atoms with Gasteiger partial charge in [0, 0.05) is 40.9 Å². The van der Waals surface area contributed by atoms with Crippen LogP contribution in [-0.2, 0) is 23.7 Å². The number of aryl methyl sites for hydroxylation is 2. The number of para-hydroxylation sites is 1. The predicted octanol–water partition coefficient (Wildman–Crippen LogP) is 11.9. The van der Waals surface area contributed by atoms with Crippen LogP contribution >= 0.6 is 0 Å². The van der Waals surface area contributed by atoms with Gasteiger partial charge in [0.25, 0.3) is 0 Å². The highest BCUT2D eigenvalue weighted by Crippen LogP contribution is 2.43. The van der Waals surface area contributed by atoms with E-state index in [1.54, 1.807) is 0 Å². The van der Waals surface area contributed by atoms with E-state index >= 15 is 0 Å². The normalized spacial score (nSPS) is 12.3. The molecule has 3 heterocycles. The van der Waals surface area contributed by atoms with Gasteiger partial charge in [-0.05, 0) is 106 Å². The van der Waals surface area contributed by atoms with Crippen LogP contribution in [0.2, 0.25) is 0 Å². The van der Waals surface area contributed by atoms with Gasteiger partial charge in [-0.3, -0.25) is 4.57 Å². The van der Waals surface area contributed by atoms with Crippen molar-refractivity contribution in [2.75, 3.05) is 0 Å². The number of nitrogens with zero attached hydrogens (tertiary/aromatic N) is 4. The van der Waals surface area contributed by atoms with Crippen LogP contribution in [0.4, 0.5) is 0 Å². The van der Waals surface area contributed by atoms with Crippen LogP contribution in [0.3, 0.4) is 0 Å². The SMILES string of the molecule is CCc1cc(C(C)(C)C)c(C(C)(C)C)c(CC)c1-c1cnn(-c2cccc(Oc3ccc4c5ccccc5n(-c5cc(C)ccn5)c4c3)c2)c1. The number of ether oxygens (including phenoxy) is 1. The molecule has 0 amide bonds. The smallest absolute Gasteiger partial charge is 0.137 e. The molecular formula is C45H48N4O. The van der Waals surface area contributed by atoms with Gasteiger partial charge in [0.15, 0.2) is 0 Å². The first-order chi connectivity index (χ1) is 23.9. The van der Waals surface area contributed by atoms with Crippen LogP contribution in [0.25, 0.3) is 44.4 Å². The summed E-state index contributed by atoms with van der Waals surface area (Å²) in [5.74, 6) is 2.41. The molecule has 0 atom stereocenters. The first kappa shape index (κ1) is 33.3. The summed E-state index contributed by atoms with van der Waals surface area (Å²) in [4.78, 5) is 4.73. The maximum Gasteiger partial charge on any atom is 0.137 e. The zero-order valence-electron chi connectivity index (χ0n) is 30.9. The molecule has 3 aromatic heterocycles. The molecule has 0 saturated heterocycles. The molecule has 0 saturated carbocycles. The Bertz CT molecular complexity index is 2360. The monoisotopic (exact) mass is 660 g/mol. The second kappa shape index (κ2) is 12.6. The standard InChI is InChI=1S/C45H48N4O/c1-10-30-24-38(44(4,5)6)43(45(7,8)9)35(11-2)42(30)31-27-47-48(28-31)32-15-14-16-33(25-32)50-34-19-20-37-36-17-12-13-18-39(36)49(40(37)26-34)41-23-29(3)21-22-46-41/h12-28H,10-11H2,1-9H3. The molecule has 0 bridgehead atoms. The highest BCUT2D eigenvalue weighted by Gasteiger charge is 2.30. The van der Waals surface area contributed by atoms with Gasteiger partial charge in [-0.1, -0.05) is 85.7 Å². The van der Waals surface area contributed by atoms with Crippen molar-refractivity contribution >= 4 is 21.8 Å². The van der Waals surface area contributed by atoms with E-state index < -0.39 is 0 Å². The Morgan fingerprint density at radius 1 is 0.720 bits per heavy atom. The molecule has 0 unspecified atom stereocenters. The van der Waals surface area contributed by atoms with Crippen molar-refractivity contribution in [1.82, 2.24) is 19.3 Å². The fourth-order valence-electron chi connectivity index (χ4n) is 7.56. The zero-order valence-corrected chi connectivity index (χ0v) is 30.9. The highest BCUT2D eigenvalue weighted by atomic mass is 16.5. The predicted molar refractivity (Wildman–Crippen MR) is 209 cm³/mol. The molecule has 5 nitrogen and oxygen atoms in total. The molecule has 0 aliphatic carbocycles. The van der Waals surface area contributed by atoms with E-state index in [2.05, 4.69) is 134 Å². The van der Waals surface area contributed by atoms with Crippen molar-refractivity contribution in [2.45, 2.75) is 86.0 Å². The highest BCUT2D eigenvalue weighted by molar-refractivity contribution is 6.09. The second-order valence-electron chi connectivity index (χ2n) is 15.5. The lowest BCUT2D eigenvalue weighted by Crippen LogP contribution is -2.25. The van der Waals surface area contributed by atoms with Crippen molar-refractivity contribution in [3.8, 4) is 34.1 Å². The Hall–Kier alpha value is -5.16. The molecule has 0 radical (unpaired) electrons. The third-order valence-electron chi connectivity index (χ3n) is 9.77. The zero-order chi connectivity index (χ0) is 35.4. The quantitative estimate of drug-likeness (QED) is 0.171. The van der Waals surface area contributed by atoms with Crippen LogP contribution in [-0.4, -0.2) is 19.3 Å². The third kappa shape index (κ3) is 6.00. The first-order valence-corrected chi connectivity index (χ1v) is 17.9. The number of hydrogen-bond donors (Lipinski definition) is 0. The summed E-state index contributed by atoms with van der Waals surface area (Å²) in [6, 6.07) is 29.6. The molecule has 0 fully saturated rings. The minimum atomic E-state index is 0.0184.